The van der Waals surface area contributed by atoms with Crippen molar-refractivity contribution in [1.82, 2.24) is 19.9 Å². The maximum atomic E-state index is 5.84. The van der Waals surface area contributed by atoms with E-state index >= 15 is 0 Å². The quantitative estimate of drug-likeness (QED) is 0.384. The molecule has 5 N–H and O–H groups in total. The van der Waals surface area contributed by atoms with Crippen molar-refractivity contribution in [2.45, 2.75) is 32.7 Å². The van der Waals surface area contributed by atoms with Crippen LogP contribution in [0, 0.1) is 6.92 Å². The lowest BCUT2D eigenvalue weighted by atomic mass is 10.2. The van der Waals surface area contributed by atoms with E-state index in [1.807, 2.05) is 17.7 Å². The van der Waals surface area contributed by atoms with Crippen LogP contribution in [-0.2, 0) is 13.0 Å². The number of nitrogens with zero attached hydrogens (tertiary/aromatic N) is 4. The predicted octanol–water partition coefficient (Wildman–Crippen LogP) is 1.16. The van der Waals surface area contributed by atoms with E-state index < -0.39 is 0 Å². The molecule has 22 heavy (non-hydrogen) atoms. The van der Waals surface area contributed by atoms with Gasteiger partial charge in [0.15, 0.2) is 11.1 Å². The molecule has 0 aromatic carbocycles. The molecule has 0 radical (unpaired) electrons. The molecule has 0 aliphatic carbocycles. The largest absolute Gasteiger partial charge is 0.375 e. The molecule has 0 saturated carbocycles. The Hall–Kier alpha value is -2.09. The van der Waals surface area contributed by atoms with E-state index in [0.717, 1.165) is 38.0 Å². The highest BCUT2D eigenvalue weighted by molar-refractivity contribution is 7.15. The molecule has 0 amide bonds. The SMILES string of the molecule is Cc1nc(N)sc1CCCNC(N)=NCCCn1ccnc1. The molecule has 0 spiro atoms. The normalized spacial score (nSPS) is 11.8. The highest BCUT2D eigenvalue weighted by atomic mass is 32.1. The Labute approximate surface area is 134 Å². The third-order valence-electron chi connectivity index (χ3n) is 3.21. The van der Waals surface area contributed by atoms with E-state index in [1.54, 1.807) is 23.9 Å². The topological polar surface area (TPSA) is 107 Å². The van der Waals surface area contributed by atoms with Crippen LogP contribution in [0.2, 0.25) is 0 Å². The molecule has 0 bridgehead atoms. The van der Waals surface area contributed by atoms with Crippen LogP contribution in [0.1, 0.15) is 23.4 Å². The highest BCUT2D eigenvalue weighted by Gasteiger charge is 2.04. The summed E-state index contributed by atoms with van der Waals surface area (Å²) in [5.41, 5.74) is 12.5. The average Bonchev–Trinajstić information content (AvgIpc) is 3.10. The molecule has 0 atom stereocenters. The van der Waals surface area contributed by atoms with Crippen molar-refractivity contribution in [3.05, 3.63) is 29.3 Å². The van der Waals surface area contributed by atoms with Crippen LogP contribution in [0.25, 0.3) is 0 Å². The van der Waals surface area contributed by atoms with Gasteiger partial charge in [-0.25, -0.2) is 9.97 Å². The summed E-state index contributed by atoms with van der Waals surface area (Å²) in [5.74, 6) is 0.506. The van der Waals surface area contributed by atoms with E-state index in [4.69, 9.17) is 11.5 Å². The number of anilines is 1. The summed E-state index contributed by atoms with van der Waals surface area (Å²) < 4.78 is 2.03. The molecule has 0 unspecified atom stereocenters. The van der Waals surface area contributed by atoms with Crippen molar-refractivity contribution in [2.24, 2.45) is 10.7 Å². The van der Waals surface area contributed by atoms with Gasteiger partial charge in [-0.1, -0.05) is 0 Å². The van der Waals surface area contributed by atoms with Gasteiger partial charge in [-0.3, -0.25) is 4.99 Å². The fraction of sp³-hybridized carbons (Fsp3) is 0.500. The number of imidazole rings is 1. The second-order valence-corrected chi connectivity index (χ2v) is 6.13. The summed E-state index contributed by atoms with van der Waals surface area (Å²) in [6.07, 6.45) is 8.41. The van der Waals surface area contributed by atoms with Crippen LogP contribution < -0.4 is 16.8 Å². The lowest BCUT2D eigenvalue weighted by Crippen LogP contribution is -2.32. The fourth-order valence-electron chi connectivity index (χ4n) is 2.08. The Morgan fingerprint density at radius 2 is 2.32 bits per heavy atom. The summed E-state index contributed by atoms with van der Waals surface area (Å²) in [6.45, 7) is 4.41. The van der Waals surface area contributed by atoms with Crippen LogP contribution in [-0.4, -0.2) is 33.6 Å². The fourth-order valence-corrected chi connectivity index (χ4v) is 2.95. The van der Waals surface area contributed by atoms with Crippen molar-refractivity contribution in [3.63, 3.8) is 0 Å². The molecular formula is C14H23N7S. The minimum Gasteiger partial charge on any atom is -0.375 e. The van der Waals surface area contributed by atoms with E-state index in [1.165, 1.54) is 4.88 Å². The number of rotatable bonds is 8. The molecule has 120 valence electrons. The van der Waals surface area contributed by atoms with E-state index in [0.29, 0.717) is 17.6 Å². The average molecular weight is 321 g/mol. The van der Waals surface area contributed by atoms with Crippen molar-refractivity contribution in [2.75, 3.05) is 18.8 Å². The van der Waals surface area contributed by atoms with Gasteiger partial charge < -0.3 is 21.4 Å². The Morgan fingerprint density at radius 3 is 3.00 bits per heavy atom. The molecule has 2 rings (SSSR count). The number of hydrogen-bond acceptors (Lipinski definition) is 5. The minimum absolute atomic E-state index is 0.506. The zero-order chi connectivity index (χ0) is 15.8. The molecule has 0 fully saturated rings. The maximum Gasteiger partial charge on any atom is 0.188 e. The van der Waals surface area contributed by atoms with Crippen molar-refractivity contribution < 1.29 is 0 Å². The second kappa shape index (κ2) is 8.38. The Morgan fingerprint density at radius 1 is 1.45 bits per heavy atom. The van der Waals surface area contributed by atoms with Gasteiger partial charge >= 0.3 is 0 Å². The van der Waals surface area contributed by atoms with Crippen molar-refractivity contribution in [1.29, 1.82) is 0 Å². The molecule has 8 heteroatoms. The summed E-state index contributed by atoms with van der Waals surface area (Å²) in [4.78, 5) is 13.8. The first-order chi connectivity index (χ1) is 10.6. The summed E-state index contributed by atoms with van der Waals surface area (Å²) >= 11 is 1.56. The molecule has 7 nitrogen and oxygen atoms in total. The molecule has 2 heterocycles. The number of thiazole rings is 1. The molecular weight excluding hydrogens is 298 g/mol. The molecule has 0 aliphatic heterocycles. The Kier molecular flexibility index (Phi) is 6.20. The second-order valence-electron chi connectivity index (χ2n) is 5.01. The summed E-state index contributed by atoms with van der Waals surface area (Å²) in [7, 11) is 0. The standard InChI is InChI=1S/C14H23N7S/c1-11-12(22-14(16)20-11)4-2-5-18-13(15)19-6-3-8-21-9-7-17-10-21/h7,9-10H,2-6,8H2,1H3,(H2,16,20)(H3,15,18,19). The zero-order valence-electron chi connectivity index (χ0n) is 12.8. The first-order valence-corrected chi connectivity index (χ1v) is 8.18. The van der Waals surface area contributed by atoms with Crippen molar-refractivity contribution in [3.8, 4) is 0 Å². The first-order valence-electron chi connectivity index (χ1n) is 7.36. The minimum atomic E-state index is 0.506. The van der Waals surface area contributed by atoms with Crippen molar-refractivity contribution >= 4 is 22.4 Å². The third kappa shape index (κ3) is 5.36. The number of nitrogens with one attached hydrogen (secondary N) is 1. The Balaban J connectivity index is 1.57. The highest BCUT2D eigenvalue weighted by Crippen LogP contribution is 2.20. The number of aryl methyl sites for hydroxylation is 3. The van der Waals surface area contributed by atoms with E-state index in [9.17, 15) is 0 Å². The number of aromatic nitrogens is 3. The van der Waals surface area contributed by atoms with Crippen LogP contribution in [0.5, 0.6) is 0 Å². The number of guanidine groups is 1. The van der Waals surface area contributed by atoms with Crippen LogP contribution >= 0.6 is 11.3 Å². The summed E-state index contributed by atoms with van der Waals surface area (Å²) in [5, 5.41) is 3.77. The molecule has 2 aromatic rings. The lowest BCUT2D eigenvalue weighted by molar-refractivity contribution is 0.648. The van der Waals surface area contributed by atoms with E-state index in [2.05, 4.69) is 20.3 Å². The Bertz CT molecular complexity index is 588. The van der Waals surface area contributed by atoms with Gasteiger partial charge in [0, 0.05) is 36.9 Å². The van der Waals surface area contributed by atoms with Gasteiger partial charge in [-0.2, -0.15) is 0 Å². The molecule has 2 aromatic heterocycles. The molecule has 0 aliphatic rings. The summed E-state index contributed by atoms with van der Waals surface area (Å²) in [6, 6.07) is 0. The van der Waals surface area contributed by atoms with E-state index in [-0.39, 0.29) is 0 Å². The number of nitrogens with two attached hydrogens (primary N) is 2. The first kappa shape index (κ1) is 16.3. The third-order valence-corrected chi connectivity index (χ3v) is 4.26. The van der Waals surface area contributed by atoms with Crippen LogP contribution in [0.3, 0.4) is 0 Å². The van der Waals surface area contributed by atoms with Crippen LogP contribution in [0.15, 0.2) is 23.7 Å². The maximum absolute atomic E-state index is 5.84. The smallest absolute Gasteiger partial charge is 0.188 e. The lowest BCUT2D eigenvalue weighted by Gasteiger charge is -2.05. The molecule has 0 saturated heterocycles. The monoisotopic (exact) mass is 321 g/mol. The van der Waals surface area contributed by atoms with Gasteiger partial charge in [-0.05, 0) is 26.2 Å². The number of nitrogen functional groups attached to an aromatic ring is 1. The van der Waals surface area contributed by atoms with Gasteiger partial charge in [0.05, 0.1) is 12.0 Å². The predicted molar refractivity (Wildman–Crippen MR) is 90.9 cm³/mol. The van der Waals surface area contributed by atoms with Crippen LogP contribution in [0.4, 0.5) is 5.13 Å². The van der Waals surface area contributed by atoms with Gasteiger partial charge in [0.1, 0.15) is 0 Å². The zero-order valence-corrected chi connectivity index (χ0v) is 13.6. The van der Waals surface area contributed by atoms with Gasteiger partial charge in [0.2, 0.25) is 0 Å². The number of aliphatic imine (C=N–C) groups is 1. The van der Waals surface area contributed by atoms with Gasteiger partial charge in [0.25, 0.3) is 0 Å². The van der Waals surface area contributed by atoms with Gasteiger partial charge in [-0.15, -0.1) is 11.3 Å². The number of hydrogen-bond donors (Lipinski definition) is 3.